The number of carbonyl (C=O) groups excluding carboxylic acids is 1. The van der Waals surface area contributed by atoms with E-state index >= 15 is 0 Å². The van der Waals surface area contributed by atoms with Crippen LogP contribution in [0.5, 0.6) is 0 Å². The molecule has 1 unspecified atom stereocenters. The first-order valence-electron chi connectivity index (χ1n) is 4.83. The van der Waals surface area contributed by atoms with Crippen LogP contribution in [0.2, 0.25) is 0 Å². The second-order valence-electron chi connectivity index (χ2n) is 3.63. The molecular weight excluding hydrogens is 212 g/mol. The number of hydrogen-bond acceptors (Lipinski definition) is 5. The summed E-state index contributed by atoms with van der Waals surface area (Å²) in [6.07, 6.45) is 0. The van der Waals surface area contributed by atoms with Crippen LogP contribution in [0.1, 0.15) is 19.7 Å². The molecule has 0 aliphatic rings. The van der Waals surface area contributed by atoms with E-state index in [-0.39, 0.29) is 17.9 Å². The molecule has 0 aliphatic carbocycles. The van der Waals surface area contributed by atoms with Crippen molar-refractivity contribution in [2.24, 2.45) is 5.92 Å². The number of rotatable bonds is 4. The minimum Gasteiger partial charge on any atom is -0.357 e. The minimum absolute atomic E-state index is 0.0298. The van der Waals surface area contributed by atoms with Crippen molar-refractivity contribution in [3.05, 3.63) is 5.82 Å². The maximum absolute atomic E-state index is 11.5. The summed E-state index contributed by atoms with van der Waals surface area (Å²) < 4.78 is 4.05. The monoisotopic (exact) mass is 228 g/mol. The normalized spacial score (nSPS) is 12.6. The van der Waals surface area contributed by atoms with Crippen LogP contribution in [-0.2, 0) is 4.79 Å². The molecule has 5 nitrogen and oxygen atoms in total. The summed E-state index contributed by atoms with van der Waals surface area (Å²) in [6.45, 7) is 5.80. The summed E-state index contributed by atoms with van der Waals surface area (Å²) in [5, 5.41) is 6.40. The fourth-order valence-electron chi connectivity index (χ4n) is 1.18. The predicted molar refractivity (Wildman–Crippen MR) is 61.0 cm³/mol. The molecule has 0 saturated carbocycles. The topological polar surface area (TPSA) is 66.9 Å². The number of anilines is 1. The summed E-state index contributed by atoms with van der Waals surface area (Å²) in [4.78, 5) is 15.7. The van der Waals surface area contributed by atoms with Gasteiger partial charge in [-0.25, -0.2) is 4.98 Å². The van der Waals surface area contributed by atoms with Crippen molar-refractivity contribution in [2.45, 2.75) is 26.8 Å². The molecule has 0 saturated heterocycles. The summed E-state index contributed by atoms with van der Waals surface area (Å²) in [5.74, 6) is 0.897. The fourth-order valence-corrected chi connectivity index (χ4v) is 1.79. The molecule has 1 amide bonds. The number of likely N-dealkylation sites (N-methyl/N-ethyl adjacent to an activating group) is 1. The third-order valence-electron chi connectivity index (χ3n) is 2.00. The minimum atomic E-state index is -0.262. The van der Waals surface area contributed by atoms with Crippen LogP contribution < -0.4 is 10.6 Å². The second kappa shape index (κ2) is 5.06. The van der Waals surface area contributed by atoms with Crippen LogP contribution in [0.3, 0.4) is 0 Å². The molecule has 0 radical (unpaired) electrons. The smallest absolute Gasteiger partial charge is 0.242 e. The summed E-state index contributed by atoms with van der Waals surface area (Å²) in [6, 6.07) is -0.262. The van der Waals surface area contributed by atoms with Gasteiger partial charge in [0.25, 0.3) is 0 Å². The van der Waals surface area contributed by atoms with Gasteiger partial charge in [0.1, 0.15) is 11.9 Å². The van der Waals surface area contributed by atoms with Gasteiger partial charge >= 0.3 is 0 Å². The molecule has 15 heavy (non-hydrogen) atoms. The molecule has 1 rings (SSSR count). The van der Waals surface area contributed by atoms with Crippen LogP contribution in [0, 0.1) is 12.8 Å². The zero-order chi connectivity index (χ0) is 11.4. The van der Waals surface area contributed by atoms with Crippen molar-refractivity contribution in [3.8, 4) is 0 Å². The number of amides is 1. The first-order valence-corrected chi connectivity index (χ1v) is 5.60. The molecule has 2 N–H and O–H groups in total. The van der Waals surface area contributed by atoms with Gasteiger partial charge in [-0.05, 0) is 12.8 Å². The van der Waals surface area contributed by atoms with Crippen LogP contribution >= 0.6 is 11.5 Å². The Hall–Kier alpha value is -1.17. The molecular formula is C9H16N4OS. The highest BCUT2D eigenvalue weighted by Gasteiger charge is 2.21. The number of nitrogens with zero attached hydrogens (tertiary/aromatic N) is 2. The van der Waals surface area contributed by atoms with Gasteiger partial charge in [-0.15, -0.1) is 0 Å². The van der Waals surface area contributed by atoms with E-state index < -0.39 is 0 Å². The first kappa shape index (κ1) is 11.9. The maximum Gasteiger partial charge on any atom is 0.242 e. The van der Waals surface area contributed by atoms with E-state index in [1.807, 2.05) is 20.8 Å². The predicted octanol–water partition coefficient (Wildman–Crippen LogP) is 1.03. The molecule has 1 aromatic rings. The van der Waals surface area contributed by atoms with Gasteiger partial charge in [0.05, 0.1) is 0 Å². The average molecular weight is 228 g/mol. The highest BCUT2D eigenvalue weighted by Crippen LogP contribution is 2.15. The van der Waals surface area contributed by atoms with Gasteiger partial charge in [0.2, 0.25) is 11.0 Å². The molecule has 0 spiro atoms. The van der Waals surface area contributed by atoms with Gasteiger partial charge in [-0.1, -0.05) is 13.8 Å². The first-order chi connectivity index (χ1) is 7.04. The van der Waals surface area contributed by atoms with E-state index in [0.29, 0.717) is 5.13 Å². The van der Waals surface area contributed by atoms with Gasteiger partial charge in [-0.3, -0.25) is 4.79 Å². The Morgan fingerprint density at radius 3 is 2.53 bits per heavy atom. The number of aromatic nitrogens is 2. The number of carbonyl (C=O) groups is 1. The standard InChI is InChI=1S/C9H16N4OS/c1-5(2)7(8(14)10-4)12-9-11-6(3)13-15-9/h5,7H,1-4H3,(H,10,14)(H,11,12,13). The molecule has 1 heterocycles. The van der Waals surface area contributed by atoms with E-state index in [2.05, 4.69) is 20.0 Å². The quantitative estimate of drug-likeness (QED) is 0.807. The van der Waals surface area contributed by atoms with Crippen LogP contribution in [0.4, 0.5) is 5.13 Å². The van der Waals surface area contributed by atoms with Crippen molar-refractivity contribution < 1.29 is 4.79 Å². The Balaban J connectivity index is 2.71. The van der Waals surface area contributed by atoms with Crippen molar-refractivity contribution in [1.29, 1.82) is 0 Å². The Morgan fingerprint density at radius 2 is 2.13 bits per heavy atom. The molecule has 0 fully saturated rings. The lowest BCUT2D eigenvalue weighted by Crippen LogP contribution is -2.41. The number of nitrogens with one attached hydrogen (secondary N) is 2. The van der Waals surface area contributed by atoms with Gasteiger partial charge in [0.15, 0.2) is 0 Å². The Bertz CT molecular complexity index is 337. The molecule has 0 aromatic carbocycles. The van der Waals surface area contributed by atoms with E-state index in [9.17, 15) is 4.79 Å². The molecule has 6 heteroatoms. The summed E-state index contributed by atoms with van der Waals surface area (Å²) in [7, 11) is 1.63. The highest BCUT2D eigenvalue weighted by atomic mass is 32.1. The van der Waals surface area contributed by atoms with Crippen molar-refractivity contribution in [2.75, 3.05) is 12.4 Å². The number of aryl methyl sites for hydroxylation is 1. The summed E-state index contributed by atoms with van der Waals surface area (Å²) >= 11 is 1.27. The lowest BCUT2D eigenvalue weighted by atomic mass is 10.0. The zero-order valence-corrected chi connectivity index (χ0v) is 10.2. The van der Waals surface area contributed by atoms with E-state index in [0.717, 1.165) is 5.82 Å². The Labute approximate surface area is 93.5 Å². The van der Waals surface area contributed by atoms with Crippen molar-refractivity contribution in [1.82, 2.24) is 14.7 Å². The average Bonchev–Trinajstić information content (AvgIpc) is 2.59. The Kier molecular flexibility index (Phi) is 4.02. The van der Waals surface area contributed by atoms with Gasteiger partial charge in [0, 0.05) is 18.6 Å². The molecule has 1 atom stereocenters. The molecule has 1 aromatic heterocycles. The lowest BCUT2D eigenvalue weighted by molar-refractivity contribution is -0.122. The largest absolute Gasteiger partial charge is 0.357 e. The highest BCUT2D eigenvalue weighted by molar-refractivity contribution is 7.09. The summed E-state index contributed by atoms with van der Waals surface area (Å²) in [5.41, 5.74) is 0. The second-order valence-corrected chi connectivity index (χ2v) is 4.38. The Morgan fingerprint density at radius 1 is 1.47 bits per heavy atom. The molecule has 84 valence electrons. The third kappa shape index (κ3) is 3.16. The van der Waals surface area contributed by atoms with Crippen LogP contribution in [-0.4, -0.2) is 28.4 Å². The number of hydrogen-bond donors (Lipinski definition) is 2. The fraction of sp³-hybridized carbons (Fsp3) is 0.667. The van der Waals surface area contributed by atoms with Crippen molar-refractivity contribution >= 4 is 22.6 Å². The maximum atomic E-state index is 11.5. The molecule has 0 aliphatic heterocycles. The van der Waals surface area contributed by atoms with E-state index in [1.54, 1.807) is 7.05 Å². The van der Waals surface area contributed by atoms with Gasteiger partial charge in [-0.2, -0.15) is 4.37 Å². The third-order valence-corrected chi connectivity index (χ3v) is 2.74. The SMILES string of the molecule is CNC(=O)C(Nc1nc(C)ns1)C(C)C. The van der Waals surface area contributed by atoms with E-state index in [1.165, 1.54) is 11.5 Å². The van der Waals surface area contributed by atoms with Crippen LogP contribution in [0.25, 0.3) is 0 Å². The zero-order valence-electron chi connectivity index (χ0n) is 9.37. The lowest BCUT2D eigenvalue weighted by Gasteiger charge is -2.19. The van der Waals surface area contributed by atoms with Gasteiger partial charge < -0.3 is 10.6 Å². The van der Waals surface area contributed by atoms with Crippen molar-refractivity contribution in [3.63, 3.8) is 0 Å². The molecule has 0 bridgehead atoms. The van der Waals surface area contributed by atoms with Crippen LogP contribution in [0.15, 0.2) is 0 Å². The van der Waals surface area contributed by atoms with E-state index in [4.69, 9.17) is 0 Å².